The zero-order chi connectivity index (χ0) is 19.3. The maximum Gasteiger partial charge on any atom is 0.251 e. The Morgan fingerprint density at radius 1 is 1.07 bits per heavy atom. The topological polar surface area (TPSA) is 84.5 Å². The molecule has 1 saturated carbocycles. The Morgan fingerprint density at radius 3 is 2.41 bits per heavy atom. The molecule has 0 saturated heterocycles. The van der Waals surface area contributed by atoms with Crippen LogP contribution in [0.25, 0.3) is 0 Å². The summed E-state index contributed by atoms with van der Waals surface area (Å²) in [6.45, 7) is 0.366. The molecule has 1 fully saturated rings. The number of sulfonamides is 1. The number of hydrogen-bond donors (Lipinski definition) is 2. The van der Waals surface area contributed by atoms with Crippen molar-refractivity contribution >= 4 is 21.6 Å². The molecule has 1 aliphatic carbocycles. The Hall–Kier alpha value is -2.54. The van der Waals surface area contributed by atoms with Crippen LogP contribution in [0.3, 0.4) is 0 Å². The lowest BCUT2D eigenvalue weighted by molar-refractivity contribution is 0.0950. The molecule has 0 spiro atoms. The zero-order valence-corrected chi connectivity index (χ0v) is 16.1. The highest BCUT2D eigenvalue weighted by molar-refractivity contribution is 7.92. The van der Waals surface area contributed by atoms with E-state index in [0.29, 0.717) is 17.8 Å². The van der Waals surface area contributed by atoms with Gasteiger partial charge in [0.15, 0.2) is 0 Å². The number of amides is 1. The summed E-state index contributed by atoms with van der Waals surface area (Å²) >= 11 is 0. The zero-order valence-electron chi connectivity index (χ0n) is 15.3. The molecule has 2 aromatic carbocycles. The van der Waals surface area contributed by atoms with E-state index in [1.165, 1.54) is 12.8 Å². The van der Waals surface area contributed by atoms with Crippen molar-refractivity contribution in [2.75, 3.05) is 11.0 Å². The molecular formula is C20H24N2O4S. The van der Waals surface area contributed by atoms with E-state index in [4.69, 9.17) is 4.74 Å². The van der Waals surface area contributed by atoms with E-state index in [1.807, 2.05) is 24.3 Å². The molecule has 144 valence electrons. The van der Waals surface area contributed by atoms with Crippen LogP contribution in [-0.2, 0) is 16.6 Å². The van der Waals surface area contributed by atoms with Crippen LogP contribution in [0.15, 0.2) is 48.5 Å². The van der Waals surface area contributed by atoms with Gasteiger partial charge in [0.2, 0.25) is 10.0 Å². The largest absolute Gasteiger partial charge is 0.490 e. The molecule has 0 atom stereocenters. The van der Waals surface area contributed by atoms with Gasteiger partial charge in [-0.2, -0.15) is 0 Å². The Bertz CT molecular complexity index is 888. The molecule has 0 heterocycles. The predicted octanol–water partition coefficient (Wildman–Crippen LogP) is 3.31. The van der Waals surface area contributed by atoms with Crippen LogP contribution < -0.4 is 14.8 Å². The second-order valence-electron chi connectivity index (χ2n) is 6.77. The first-order chi connectivity index (χ1) is 12.9. The van der Waals surface area contributed by atoms with Crippen molar-refractivity contribution in [1.29, 1.82) is 0 Å². The van der Waals surface area contributed by atoms with Gasteiger partial charge in [0.25, 0.3) is 5.91 Å². The number of carbonyl (C=O) groups excluding carboxylic acids is 1. The van der Waals surface area contributed by atoms with Crippen LogP contribution in [0.5, 0.6) is 5.75 Å². The molecule has 0 unspecified atom stereocenters. The van der Waals surface area contributed by atoms with Gasteiger partial charge < -0.3 is 10.1 Å². The maximum absolute atomic E-state index is 12.4. The van der Waals surface area contributed by atoms with Gasteiger partial charge in [-0.3, -0.25) is 9.52 Å². The van der Waals surface area contributed by atoms with Crippen LogP contribution in [-0.4, -0.2) is 26.7 Å². The minimum absolute atomic E-state index is 0.225. The smallest absolute Gasteiger partial charge is 0.251 e. The van der Waals surface area contributed by atoms with Crippen LogP contribution in [0.2, 0.25) is 0 Å². The number of nitrogens with one attached hydrogen (secondary N) is 2. The molecule has 0 radical (unpaired) electrons. The molecule has 3 rings (SSSR count). The van der Waals surface area contributed by atoms with Crippen molar-refractivity contribution in [1.82, 2.24) is 5.32 Å². The molecule has 27 heavy (non-hydrogen) atoms. The molecule has 6 nitrogen and oxygen atoms in total. The van der Waals surface area contributed by atoms with Crippen molar-refractivity contribution in [2.24, 2.45) is 0 Å². The first kappa shape index (κ1) is 19.2. The van der Waals surface area contributed by atoms with Gasteiger partial charge in [-0.05, 0) is 56.0 Å². The Kier molecular flexibility index (Phi) is 6.01. The number of carbonyl (C=O) groups is 1. The van der Waals surface area contributed by atoms with Crippen LogP contribution in [0, 0.1) is 0 Å². The number of anilines is 1. The molecule has 1 aliphatic rings. The van der Waals surface area contributed by atoms with E-state index in [0.717, 1.165) is 30.4 Å². The SMILES string of the molecule is CS(=O)(=O)Nc1ccc(C(=O)NCc2ccccc2OC2CCCC2)cc1. The number of ether oxygens (including phenoxy) is 1. The van der Waals surface area contributed by atoms with E-state index >= 15 is 0 Å². The number of rotatable bonds is 7. The first-order valence-electron chi connectivity index (χ1n) is 9.01. The van der Waals surface area contributed by atoms with Gasteiger partial charge in [-0.25, -0.2) is 8.42 Å². The molecule has 0 bridgehead atoms. The summed E-state index contributed by atoms with van der Waals surface area (Å²) in [5.41, 5.74) is 1.82. The lowest BCUT2D eigenvalue weighted by Crippen LogP contribution is -2.23. The third-order valence-corrected chi connectivity index (χ3v) is 5.06. The van der Waals surface area contributed by atoms with E-state index < -0.39 is 10.0 Å². The van der Waals surface area contributed by atoms with Crippen molar-refractivity contribution in [2.45, 2.75) is 38.3 Å². The highest BCUT2D eigenvalue weighted by Crippen LogP contribution is 2.26. The third-order valence-electron chi connectivity index (χ3n) is 4.46. The highest BCUT2D eigenvalue weighted by atomic mass is 32.2. The number of hydrogen-bond acceptors (Lipinski definition) is 4. The average Bonchev–Trinajstić information content (AvgIpc) is 3.13. The second-order valence-corrected chi connectivity index (χ2v) is 8.51. The summed E-state index contributed by atoms with van der Waals surface area (Å²) in [5.74, 6) is 0.592. The summed E-state index contributed by atoms with van der Waals surface area (Å²) < 4.78 is 30.9. The Morgan fingerprint density at radius 2 is 1.74 bits per heavy atom. The molecule has 0 aromatic heterocycles. The summed E-state index contributed by atoms with van der Waals surface area (Å²) in [5, 5.41) is 2.89. The van der Waals surface area contributed by atoms with Gasteiger partial charge in [0.1, 0.15) is 5.75 Å². The van der Waals surface area contributed by atoms with Gasteiger partial charge in [0.05, 0.1) is 12.4 Å². The normalized spacial score (nSPS) is 14.7. The Labute approximate surface area is 160 Å². The van der Waals surface area contributed by atoms with Gasteiger partial charge in [0, 0.05) is 23.4 Å². The fourth-order valence-electron chi connectivity index (χ4n) is 3.13. The molecule has 2 aromatic rings. The summed E-state index contributed by atoms with van der Waals surface area (Å²) in [4.78, 5) is 12.4. The highest BCUT2D eigenvalue weighted by Gasteiger charge is 2.18. The third kappa shape index (κ3) is 5.72. The summed E-state index contributed by atoms with van der Waals surface area (Å²) in [6, 6.07) is 14.0. The van der Waals surface area contributed by atoms with E-state index in [1.54, 1.807) is 24.3 Å². The van der Waals surface area contributed by atoms with Gasteiger partial charge in [-0.15, -0.1) is 0 Å². The minimum atomic E-state index is -3.34. The van der Waals surface area contributed by atoms with E-state index in [9.17, 15) is 13.2 Å². The molecular weight excluding hydrogens is 364 g/mol. The van der Waals surface area contributed by atoms with Crippen LogP contribution >= 0.6 is 0 Å². The van der Waals surface area contributed by atoms with Crippen molar-refractivity contribution in [3.05, 3.63) is 59.7 Å². The number of benzene rings is 2. The first-order valence-corrected chi connectivity index (χ1v) is 10.9. The van der Waals surface area contributed by atoms with Crippen LogP contribution in [0.1, 0.15) is 41.6 Å². The number of para-hydroxylation sites is 1. The monoisotopic (exact) mass is 388 g/mol. The van der Waals surface area contributed by atoms with Gasteiger partial charge in [-0.1, -0.05) is 18.2 Å². The van der Waals surface area contributed by atoms with Crippen molar-refractivity contribution in [3.63, 3.8) is 0 Å². The fourth-order valence-corrected chi connectivity index (χ4v) is 3.70. The molecule has 0 aliphatic heterocycles. The van der Waals surface area contributed by atoms with Gasteiger partial charge >= 0.3 is 0 Å². The fraction of sp³-hybridized carbons (Fsp3) is 0.350. The average molecular weight is 388 g/mol. The minimum Gasteiger partial charge on any atom is -0.490 e. The summed E-state index contributed by atoms with van der Waals surface area (Å²) in [7, 11) is -3.34. The van der Waals surface area contributed by atoms with Crippen LogP contribution in [0.4, 0.5) is 5.69 Å². The standard InChI is InChI=1S/C20H24N2O4S/c1-27(24,25)22-17-12-10-15(11-13-17)20(23)21-14-16-6-2-5-9-19(16)26-18-7-3-4-8-18/h2,5-6,9-13,18,22H,3-4,7-8,14H2,1H3,(H,21,23). The lowest BCUT2D eigenvalue weighted by atomic mass is 10.1. The quantitative estimate of drug-likeness (QED) is 0.762. The maximum atomic E-state index is 12.4. The molecule has 2 N–H and O–H groups in total. The van der Waals surface area contributed by atoms with E-state index in [-0.39, 0.29) is 12.0 Å². The summed E-state index contributed by atoms with van der Waals surface area (Å²) in [6.07, 6.45) is 5.90. The Balaban J connectivity index is 1.60. The van der Waals surface area contributed by atoms with Crippen molar-refractivity contribution in [3.8, 4) is 5.75 Å². The molecule has 7 heteroatoms. The lowest BCUT2D eigenvalue weighted by Gasteiger charge is -2.17. The second kappa shape index (κ2) is 8.43. The molecule has 1 amide bonds. The van der Waals surface area contributed by atoms with E-state index in [2.05, 4.69) is 10.0 Å². The predicted molar refractivity (Wildman–Crippen MR) is 105 cm³/mol. The van der Waals surface area contributed by atoms with Crippen molar-refractivity contribution < 1.29 is 17.9 Å².